The van der Waals surface area contributed by atoms with E-state index in [0.717, 1.165) is 18.4 Å². The van der Waals surface area contributed by atoms with Crippen LogP contribution in [-0.4, -0.2) is 58.6 Å². The summed E-state index contributed by atoms with van der Waals surface area (Å²) in [6.45, 7) is 5.57. The highest BCUT2D eigenvalue weighted by Gasteiger charge is 2.27. The fourth-order valence-corrected chi connectivity index (χ4v) is 4.20. The van der Waals surface area contributed by atoms with Crippen LogP contribution in [-0.2, 0) is 14.8 Å². The SMILES string of the molecule is COCCNS(=O)(=O)c1ccc(C)c(C(=O)N2CCC(C(C)N)CC2)c1. The minimum Gasteiger partial charge on any atom is -0.383 e. The lowest BCUT2D eigenvalue weighted by molar-refractivity contribution is 0.0680. The number of carbonyl (C=O) groups excluding carboxylic acids is 1. The number of likely N-dealkylation sites (tertiary alicyclic amines) is 1. The second-order valence-corrected chi connectivity index (χ2v) is 8.62. The number of hydrogen-bond acceptors (Lipinski definition) is 5. The molecule has 0 radical (unpaired) electrons. The van der Waals surface area contributed by atoms with Crippen LogP contribution >= 0.6 is 0 Å². The first-order valence-electron chi connectivity index (χ1n) is 8.90. The predicted octanol–water partition coefficient (Wildman–Crippen LogP) is 1.12. The second kappa shape index (κ2) is 8.94. The Morgan fingerprint density at radius 3 is 2.62 bits per heavy atom. The van der Waals surface area contributed by atoms with Crippen LogP contribution in [0.3, 0.4) is 0 Å². The molecular formula is C18H29N3O4S. The van der Waals surface area contributed by atoms with Gasteiger partial charge >= 0.3 is 0 Å². The molecule has 1 aliphatic rings. The van der Waals surface area contributed by atoms with Gasteiger partial charge in [0.1, 0.15) is 0 Å². The van der Waals surface area contributed by atoms with Crippen LogP contribution in [0.2, 0.25) is 0 Å². The maximum absolute atomic E-state index is 12.9. The Morgan fingerprint density at radius 2 is 2.04 bits per heavy atom. The van der Waals surface area contributed by atoms with Gasteiger partial charge in [-0.2, -0.15) is 0 Å². The Hall–Kier alpha value is -1.48. The summed E-state index contributed by atoms with van der Waals surface area (Å²) in [5.74, 6) is 0.302. The van der Waals surface area contributed by atoms with Crippen molar-refractivity contribution in [3.05, 3.63) is 29.3 Å². The molecule has 7 nitrogen and oxygen atoms in total. The highest BCUT2D eigenvalue weighted by atomic mass is 32.2. The number of aryl methyl sites for hydroxylation is 1. The average Bonchev–Trinajstić information content (AvgIpc) is 2.61. The van der Waals surface area contributed by atoms with Gasteiger partial charge in [0, 0.05) is 38.3 Å². The number of amides is 1. The Morgan fingerprint density at radius 1 is 1.38 bits per heavy atom. The molecule has 1 aromatic rings. The van der Waals surface area contributed by atoms with Gasteiger partial charge in [-0.3, -0.25) is 4.79 Å². The molecule has 0 aromatic heterocycles. The zero-order chi connectivity index (χ0) is 19.3. The van der Waals surface area contributed by atoms with E-state index in [1.165, 1.54) is 19.2 Å². The number of piperidine rings is 1. The Kier molecular flexibility index (Phi) is 7.16. The number of nitrogens with one attached hydrogen (secondary N) is 1. The van der Waals surface area contributed by atoms with Crippen molar-refractivity contribution in [1.29, 1.82) is 0 Å². The minimum atomic E-state index is -3.67. The molecular weight excluding hydrogens is 354 g/mol. The van der Waals surface area contributed by atoms with Crippen LogP contribution in [0.25, 0.3) is 0 Å². The maximum Gasteiger partial charge on any atom is 0.254 e. The molecule has 1 fully saturated rings. The van der Waals surface area contributed by atoms with E-state index in [4.69, 9.17) is 10.5 Å². The van der Waals surface area contributed by atoms with Gasteiger partial charge in [0.2, 0.25) is 10.0 Å². The summed E-state index contributed by atoms with van der Waals surface area (Å²) in [7, 11) is -2.17. The van der Waals surface area contributed by atoms with Gasteiger partial charge in [-0.1, -0.05) is 6.07 Å². The molecule has 0 aliphatic carbocycles. The van der Waals surface area contributed by atoms with E-state index >= 15 is 0 Å². The van der Waals surface area contributed by atoms with Gasteiger partial charge in [0.05, 0.1) is 11.5 Å². The molecule has 1 atom stereocenters. The summed E-state index contributed by atoms with van der Waals surface area (Å²) in [4.78, 5) is 14.8. The third-order valence-corrected chi connectivity index (χ3v) is 6.38. The molecule has 1 amide bonds. The number of sulfonamides is 1. The van der Waals surface area contributed by atoms with Gasteiger partial charge in [-0.15, -0.1) is 0 Å². The minimum absolute atomic E-state index is 0.0908. The van der Waals surface area contributed by atoms with E-state index in [-0.39, 0.29) is 30.0 Å². The number of ether oxygens (including phenoxy) is 1. The van der Waals surface area contributed by atoms with Crippen LogP contribution in [0.5, 0.6) is 0 Å². The fourth-order valence-electron chi connectivity index (χ4n) is 3.16. The summed E-state index contributed by atoms with van der Waals surface area (Å²) in [6, 6.07) is 4.78. The zero-order valence-corrected chi connectivity index (χ0v) is 16.5. The van der Waals surface area contributed by atoms with Crippen molar-refractivity contribution in [2.45, 2.75) is 37.6 Å². The van der Waals surface area contributed by atoms with Gasteiger partial charge in [-0.05, 0) is 50.3 Å². The highest BCUT2D eigenvalue weighted by Crippen LogP contribution is 2.23. The quantitative estimate of drug-likeness (QED) is 0.687. The number of carbonyl (C=O) groups is 1. The normalized spacial score (nSPS) is 17.3. The van der Waals surface area contributed by atoms with E-state index in [1.54, 1.807) is 11.0 Å². The summed E-state index contributed by atoms with van der Waals surface area (Å²) < 4.78 is 32.1. The van der Waals surface area contributed by atoms with Gasteiger partial charge in [0.15, 0.2) is 0 Å². The number of benzene rings is 1. The monoisotopic (exact) mass is 383 g/mol. The molecule has 2 rings (SSSR count). The Bertz CT molecular complexity index is 726. The molecule has 1 saturated heterocycles. The molecule has 26 heavy (non-hydrogen) atoms. The van der Waals surface area contributed by atoms with Gasteiger partial charge in [-0.25, -0.2) is 13.1 Å². The summed E-state index contributed by atoms with van der Waals surface area (Å²) in [5.41, 5.74) is 7.15. The van der Waals surface area contributed by atoms with Crippen molar-refractivity contribution >= 4 is 15.9 Å². The molecule has 0 saturated carbocycles. The molecule has 1 aliphatic heterocycles. The first-order chi connectivity index (χ1) is 12.3. The summed E-state index contributed by atoms with van der Waals surface area (Å²) in [5, 5.41) is 0. The van der Waals surface area contributed by atoms with Crippen LogP contribution in [0.1, 0.15) is 35.7 Å². The second-order valence-electron chi connectivity index (χ2n) is 6.86. The molecule has 8 heteroatoms. The summed E-state index contributed by atoms with van der Waals surface area (Å²) in [6.07, 6.45) is 1.75. The molecule has 3 N–H and O–H groups in total. The van der Waals surface area contributed by atoms with Gasteiger partial charge in [0.25, 0.3) is 5.91 Å². The molecule has 1 unspecified atom stereocenters. The third-order valence-electron chi connectivity index (χ3n) is 4.92. The molecule has 1 heterocycles. The lowest BCUT2D eigenvalue weighted by atomic mass is 9.90. The lowest BCUT2D eigenvalue weighted by Crippen LogP contribution is -2.42. The van der Waals surface area contributed by atoms with E-state index in [9.17, 15) is 13.2 Å². The number of hydrogen-bond donors (Lipinski definition) is 2. The molecule has 0 spiro atoms. The number of nitrogens with zero attached hydrogens (tertiary/aromatic N) is 1. The molecule has 1 aromatic carbocycles. The zero-order valence-electron chi connectivity index (χ0n) is 15.7. The predicted molar refractivity (Wildman–Crippen MR) is 101 cm³/mol. The topological polar surface area (TPSA) is 102 Å². The number of methoxy groups -OCH3 is 1. The smallest absolute Gasteiger partial charge is 0.254 e. The Balaban J connectivity index is 2.15. The van der Waals surface area contributed by atoms with Crippen LogP contribution < -0.4 is 10.5 Å². The van der Waals surface area contributed by atoms with E-state index in [0.29, 0.717) is 24.6 Å². The lowest BCUT2D eigenvalue weighted by Gasteiger charge is -2.34. The third kappa shape index (κ3) is 5.03. The van der Waals surface area contributed by atoms with Crippen molar-refractivity contribution in [1.82, 2.24) is 9.62 Å². The van der Waals surface area contributed by atoms with Crippen molar-refractivity contribution in [3.8, 4) is 0 Å². The fraction of sp³-hybridized carbons (Fsp3) is 0.611. The van der Waals surface area contributed by atoms with Crippen molar-refractivity contribution in [2.75, 3.05) is 33.4 Å². The summed E-state index contributed by atoms with van der Waals surface area (Å²) >= 11 is 0. The van der Waals surface area contributed by atoms with Crippen LogP contribution in [0, 0.1) is 12.8 Å². The van der Waals surface area contributed by atoms with Crippen molar-refractivity contribution in [2.24, 2.45) is 11.7 Å². The first-order valence-corrected chi connectivity index (χ1v) is 10.4. The molecule has 0 bridgehead atoms. The highest BCUT2D eigenvalue weighted by molar-refractivity contribution is 7.89. The van der Waals surface area contributed by atoms with Crippen LogP contribution in [0.15, 0.2) is 23.1 Å². The number of rotatable bonds is 7. The number of nitrogens with two attached hydrogens (primary N) is 1. The van der Waals surface area contributed by atoms with E-state index in [2.05, 4.69) is 4.72 Å². The van der Waals surface area contributed by atoms with Gasteiger partial charge < -0.3 is 15.4 Å². The van der Waals surface area contributed by atoms with Crippen LogP contribution in [0.4, 0.5) is 0 Å². The largest absolute Gasteiger partial charge is 0.383 e. The van der Waals surface area contributed by atoms with Crippen molar-refractivity contribution in [3.63, 3.8) is 0 Å². The van der Waals surface area contributed by atoms with E-state index < -0.39 is 10.0 Å². The first kappa shape index (κ1) is 20.8. The molecule has 146 valence electrons. The Labute approximate surface area is 155 Å². The van der Waals surface area contributed by atoms with E-state index in [1.807, 2.05) is 13.8 Å². The average molecular weight is 384 g/mol. The standard InChI is InChI=1S/C18H29N3O4S/c1-13-4-5-16(26(23,24)20-8-11-25-3)12-17(13)18(22)21-9-6-15(7-10-21)14(2)19/h4-5,12,14-15,20H,6-11,19H2,1-3H3. The maximum atomic E-state index is 12.9. The van der Waals surface area contributed by atoms with Crippen molar-refractivity contribution < 1.29 is 17.9 Å².